The van der Waals surface area contributed by atoms with E-state index in [1.165, 1.54) is 0 Å². The van der Waals surface area contributed by atoms with Gasteiger partial charge in [-0.2, -0.15) is 0 Å². The maximum absolute atomic E-state index is 11.8. The van der Waals surface area contributed by atoms with Crippen molar-refractivity contribution < 1.29 is 4.21 Å². The van der Waals surface area contributed by atoms with Crippen LogP contribution in [0.25, 0.3) is 0 Å². The Morgan fingerprint density at radius 1 is 1.53 bits per heavy atom. The molecule has 82 valence electrons. The van der Waals surface area contributed by atoms with E-state index in [1.807, 2.05) is 0 Å². The smallest absolute Gasteiger partial charge is 0.151 e. The van der Waals surface area contributed by atoms with Gasteiger partial charge in [-0.15, -0.1) is 10.2 Å². The van der Waals surface area contributed by atoms with E-state index in [9.17, 15) is 4.21 Å². The van der Waals surface area contributed by atoms with Gasteiger partial charge in [0, 0.05) is 11.8 Å². The normalized spacial score (nSPS) is 22.9. The predicted molar refractivity (Wildman–Crippen MR) is 59.3 cm³/mol. The molecular formula is C9H12ClN3OS. The lowest BCUT2D eigenvalue weighted by Gasteiger charge is -2.08. The van der Waals surface area contributed by atoms with Gasteiger partial charge in [-0.3, -0.25) is 4.21 Å². The van der Waals surface area contributed by atoms with Crippen molar-refractivity contribution in [1.82, 2.24) is 15.5 Å². The molecular weight excluding hydrogens is 234 g/mol. The van der Waals surface area contributed by atoms with E-state index in [2.05, 4.69) is 15.5 Å². The van der Waals surface area contributed by atoms with E-state index < -0.39 is 10.8 Å². The highest BCUT2D eigenvalue weighted by Crippen LogP contribution is 2.11. The second kappa shape index (κ2) is 5.01. The Labute approximate surface area is 95.9 Å². The highest BCUT2D eigenvalue weighted by atomic mass is 35.5. The van der Waals surface area contributed by atoms with Crippen molar-refractivity contribution >= 4 is 22.4 Å². The molecule has 1 N–H and O–H groups in total. The highest BCUT2D eigenvalue weighted by molar-refractivity contribution is 7.85. The fourth-order valence-electron chi connectivity index (χ4n) is 1.59. The quantitative estimate of drug-likeness (QED) is 0.863. The van der Waals surface area contributed by atoms with Crippen LogP contribution in [-0.4, -0.2) is 32.7 Å². The van der Waals surface area contributed by atoms with Crippen molar-refractivity contribution in [2.75, 3.05) is 12.3 Å². The van der Waals surface area contributed by atoms with Gasteiger partial charge in [0.2, 0.25) is 0 Å². The Bertz CT molecular complexity index is 351. The number of nitrogens with one attached hydrogen (secondary N) is 1. The summed E-state index contributed by atoms with van der Waals surface area (Å²) in [5.74, 6) is 0.607. The van der Waals surface area contributed by atoms with Crippen molar-refractivity contribution in [3.8, 4) is 0 Å². The average Bonchev–Trinajstić information content (AvgIpc) is 2.71. The summed E-state index contributed by atoms with van der Waals surface area (Å²) in [5, 5.41) is 11.6. The van der Waals surface area contributed by atoms with Crippen LogP contribution in [0, 0.1) is 0 Å². The number of hydrogen-bond acceptors (Lipinski definition) is 4. The summed E-state index contributed by atoms with van der Waals surface area (Å²) in [6, 6.07) is 3.63. The Kier molecular flexibility index (Phi) is 3.66. The molecule has 2 heterocycles. The molecule has 2 rings (SSSR count). The molecule has 1 fully saturated rings. The minimum absolute atomic E-state index is 0.328. The lowest BCUT2D eigenvalue weighted by Crippen LogP contribution is -2.27. The van der Waals surface area contributed by atoms with Gasteiger partial charge in [0.15, 0.2) is 5.15 Å². The van der Waals surface area contributed by atoms with E-state index >= 15 is 0 Å². The van der Waals surface area contributed by atoms with E-state index in [1.54, 1.807) is 12.1 Å². The summed E-state index contributed by atoms with van der Waals surface area (Å²) in [6.45, 7) is 1.02. The van der Waals surface area contributed by atoms with Gasteiger partial charge < -0.3 is 5.32 Å². The lowest BCUT2D eigenvalue weighted by molar-refractivity contribution is 0.640. The van der Waals surface area contributed by atoms with E-state index in [0.717, 1.165) is 19.4 Å². The summed E-state index contributed by atoms with van der Waals surface area (Å²) in [7, 11) is -1.08. The maximum atomic E-state index is 11.8. The Balaban J connectivity index is 1.98. The van der Waals surface area contributed by atoms with Gasteiger partial charge in [0.1, 0.15) is 5.03 Å². The van der Waals surface area contributed by atoms with Gasteiger partial charge in [-0.25, -0.2) is 0 Å². The molecule has 2 unspecified atom stereocenters. The van der Waals surface area contributed by atoms with Crippen LogP contribution in [-0.2, 0) is 10.8 Å². The number of nitrogens with zero attached hydrogens (tertiary/aromatic N) is 2. The molecule has 0 saturated carbocycles. The van der Waals surface area contributed by atoms with Gasteiger partial charge in [-0.1, -0.05) is 11.6 Å². The second-order valence-electron chi connectivity index (χ2n) is 3.50. The van der Waals surface area contributed by atoms with Crippen molar-refractivity contribution in [3.63, 3.8) is 0 Å². The van der Waals surface area contributed by atoms with E-state index in [0.29, 0.717) is 22.0 Å². The molecule has 1 aliphatic heterocycles. The standard InChI is InChI=1S/C9H12ClN3OS/c10-8-3-4-9(13-12-8)15(14)6-7-2-1-5-11-7/h3-4,7,11H,1-2,5-6H2. The first-order valence-electron chi connectivity index (χ1n) is 4.87. The zero-order valence-electron chi connectivity index (χ0n) is 8.15. The molecule has 1 aromatic heterocycles. The molecule has 15 heavy (non-hydrogen) atoms. The molecule has 0 aromatic carbocycles. The number of halogens is 1. The molecule has 1 aromatic rings. The Morgan fingerprint density at radius 2 is 2.40 bits per heavy atom. The summed E-state index contributed by atoms with van der Waals surface area (Å²) in [4.78, 5) is 0. The molecule has 6 heteroatoms. The Hall–Kier alpha value is -0.520. The first kappa shape index (κ1) is 11.0. The van der Waals surface area contributed by atoms with E-state index in [-0.39, 0.29) is 0 Å². The number of rotatable bonds is 3. The van der Waals surface area contributed by atoms with Crippen LogP contribution < -0.4 is 5.32 Å². The third-order valence-electron chi connectivity index (χ3n) is 2.36. The molecule has 1 saturated heterocycles. The minimum atomic E-state index is -1.08. The zero-order chi connectivity index (χ0) is 10.7. The molecule has 4 nitrogen and oxygen atoms in total. The van der Waals surface area contributed by atoms with Crippen LogP contribution in [0.1, 0.15) is 12.8 Å². The fraction of sp³-hybridized carbons (Fsp3) is 0.556. The summed E-state index contributed by atoms with van der Waals surface area (Å²) >= 11 is 5.60. The summed E-state index contributed by atoms with van der Waals surface area (Å²) in [5.41, 5.74) is 0. The zero-order valence-corrected chi connectivity index (χ0v) is 9.72. The topological polar surface area (TPSA) is 54.9 Å². The number of hydrogen-bond donors (Lipinski definition) is 1. The first-order chi connectivity index (χ1) is 7.25. The third-order valence-corrected chi connectivity index (χ3v) is 3.95. The van der Waals surface area contributed by atoms with Gasteiger partial charge >= 0.3 is 0 Å². The van der Waals surface area contributed by atoms with Crippen molar-refractivity contribution in [2.24, 2.45) is 0 Å². The SMILES string of the molecule is O=S(CC1CCCN1)c1ccc(Cl)nn1. The average molecular weight is 246 g/mol. The van der Waals surface area contributed by atoms with Crippen LogP contribution in [0.4, 0.5) is 0 Å². The largest absolute Gasteiger partial charge is 0.313 e. The molecule has 0 bridgehead atoms. The first-order valence-corrected chi connectivity index (χ1v) is 6.56. The summed E-state index contributed by atoms with van der Waals surface area (Å²) in [6.07, 6.45) is 2.25. The second-order valence-corrected chi connectivity index (χ2v) is 5.33. The molecule has 0 radical (unpaired) electrons. The van der Waals surface area contributed by atoms with Gasteiger partial charge in [0.05, 0.1) is 10.8 Å². The minimum Gasteiger partial charge on any atom is -0.313 e. The summed E-state index contributed by atoms with van der Waals surface area (Å²) < 4.78 is 11.8. The van der Waals surface area contributed by atoms with E-state index in [4.69, 9.17) is 11.6 Å². The van der Waals surface area contributed by atoms with Crippen molar-refractivity contribution in [3.05, 3.63) is 17.3 Å². The Morgan fingerprint density at radius 3 is 3.00 bits per heavy atom. The molecule has 0 aliphatic carbocycles. The van der Waals surface area contributed by atoms with Crippen LogP contribution in [0.15, 0.2) is 17.2 Å². The van der Waals surface area contributed by atoms with Gasteiger partial charge in [0.25, 0.3) is 0 Å². The molecule has 0 spiro atoms. The molecule has 1 aliphatic rings. The van der Waals surface area contributed by atoms with Crippen LogP contribution in [0.2, 0.25) is 5.15 Å². The van der Waals surface area contributed by atoms with Crippen LogP contribution in [0.5, 0.6) is 0 Å². The fourth-order valence-corrected chi connectivity index (χ4v) is 2.87. The number of aromatic nitrogens is 2. The highest BCUT2D eigenvalue weighted by Gasteiger charge is 2.18. The maximum Gasteiger partial charge on any atom is 0.151 e. The molecule has 0 amide bonds. The van der Waals surface area contributed by atoms with Crippen molar-refractivity contribution in [2.45, 2.75) is 23.9 Å². The molecule has 2 atom stereocenters. The monoisotopic (exact) mass is 245 g/mol. The van der Waals surface area contributed by atoms with Gasteiger partial charge in [-0.05, 0) is 31.5 Å². The lowest BCUT2D eigenvalue weighted by atomic mass is 10.3. The predicted octanol–water partition coefficient (Wildman–Crippen LogP) is 0.990. The third kappa shape index (κ3) is 2.96. The van der Waals surface area contributed by atoms with Crippen LogP contribution in [0.3, 0.4) is 0 Å². The van der Waals surface area contributed by atoms with Crippen molar-refractivity contribution in [1.29, 1.82) is 0 Å². The van der Waals surface area contributed by atoms with Crippen LogP contribution >= 0.6 is 11.6 Å².